The van der Waals surface area contributed by atoms with E-state index in [-0.39, 0.29) is 10.9 Å². The van der Waals surface area contributed by atoms with E-state index in [1.165, 1.54) is 24.0 Å². The predicted molar refractivity (Wildman–Crippen MR) is 121 cm³/mol. The number of aromatic nitrogens is 3. The maximum absolute atomic E-state index is 12.4. The zero-order chi connectivity index (χ0) is 24.7. The van der Waals surface area contributed by atoms with E-state index in [2.05, 4.69) is 26.4 Å². The monoisotopic (exact) mass is 507 g/mol. The summed E-state index contributed by atoms with van der Waals surface area (Å²) in [4.78, 5) is 40.8. The van der Waals surface area contributed by atoms with E-state index in [1.807, 2.05) is 6.07 Å². The van der Waals surface area contributed by atoms with E-state index in [0.717, 1.165) is 12.8 Å². The number of hydrogen-bond donors (Lipinski definition) is 4. The SMILES string of the molecule is O=C1NC(=O)/C(=C/c2cnn3c(NC4CC4)cc(C4CC=C(C(=O)NCCC(F)(F)F)S4)nc23)N1. The lowest BCUT2D eigenvalue weighted by atomic mass is 10.2. The molecular weight excluding hydrogens is 487 g/mol. The summed E-state index contributed by atoms with van der Waals surface area (Å²) in [7, 11) is 0. The van der Waals surface area contributed by atoms with Gasteiger partial charge in [0.25, 0.3) is 11.8 Å². The Hall–Kier alpha value is -3.55. The van der Waals surface area contributed by atoms with Gasteiger partial charge < -0.3 is 16.0 Å². The molecule has 184 valence electrons. The van der Waals surface area contributed by atoms with Crippen molar-refractivity contribution in [3.63, 3.8) is 0 Å². The van der Waals surface area contributed by atoms with Crippen LogP contribution in [0.15, 0.2) is 28.9 Å². The average molecular weight is 507 g/mol. The highest BCUT2D eigenvalue weighted by atomic mass is 32.2. The molecule has 35 heavy (non-hydrogen) atoms. The second kappa shape index (κ2) is 8.91. The average Bonchev–Trinajstić information content (AvgIpc) is 3.17. The first-order valence-corrected chi connectivity index (χ1v) is 11.8. The molecule has 1 atom stereocenters. The third kappa shape index (κ3) is 5.26. The molecule has 1 saturated heterocycles. The van der Waals surface area contributed by atoms with Crippen molar-refractivity contribution in [2.45, 2.75) is 43.2 Å². The van der Waals surface area contributed by atoms with Crippen LogP contribution in [0, 0.1) is 0 Å². The number of rotatable bonds is 7. The fourth-order valence-corrected chi connectivity index (χ4v) is 4.75. The number of imide groups is 1. The smallest absolute Gasteiger partial charge is 0.367 e. The summed E-state index contributed by atoms with van der Waals surface area (Å²) in [6.45, 7) is -0.484. The summed E-state index contributed by atoms with van der Waals surface area (Å²) >= 11 is 1.23. The molecule has 1 unspecified atom stereocenters. The number of thioether (sulfide) groups is 1. The summed E-state index contributed by atoms with van der Waals surface area (Å²) < 4.78 is 38.7. The lowest BCUT2D eigenvalue weighted by Gasteiger charge is -2.14. The fraction of sp³-hybridized carbons (Fsp3) is 0.381. The van der Waals surface area contributed by atoms with E-state index >= 15 is 0 Å². The van der Waals surface area contributed by atoms with Gasteiger partial charge in [-0.25, -0.2) is 9.78 Å². The second-order valence-electron chi connectivity index (χ2n) is 8.32. The number of amides is 4. The minimum absolute atomic E-state index is 0.0727. The molecule has 5 rings (SSSR count). The Bertz CT molecular complexity index is 1280. The summed E-state index contributed by atoms with van der Waals surface area (Å²) in [6, 6.07) is 1.54. The summed E-state index contributed by atoms with van der Waals surface area (Å²) in [5, 5.41) is 14.4. The van der Waals surface area contributed by atoms with Crippen LogP contribution in [0.1, 0.15) is 42.2 Å². The number of hydrogen-bond acceptors (Lipinski definition) is 7. The van der Waals surface area contributed by atoms with Crippen molar-refractivity contribution < 1.29 is 27.6 Å². The van der Waals surface area contributed by atoms with E-state index in [1.54, 1.807) is 10.6 Å². The number of urea groups is 1. The Morgan fingerprint density at radius 2 is 2.09 bits per heavy atom. The number of nitrogens with one attached hydrogen (secondary N) is 4. The third-order valence-electron chi connectivity index (χ3n) is 5.50. The van der Waals surface area contributed by atoms with Crippen molar-refractivity contribution in [1.82, 2.24) is 30.5 Å². The van der Waals surface area contributed by atoms with Gasteiger partial charge in [-0.05, 0) is 25.3 Å². The fourth-order valence-electron chi connectivity index (χ4n) is 3.64. The maximum atomic E-state index is 12.4. The molecule has 4 N–H and O–H groups in total. The van der Waals surface area contributed by atoms with E-state index < -0.39 is 37.0 Å². The van der Waals surface area contributed by atoms with Crippen molar-refractivity contribution >= 4 is 47.1 Å². The normalized spacial score (nSPS) is 21.3. The Labute approximate surface area is 200 Å². The highest BCUT2D eigenvalue weighted by molar-refractivity contribution is 8.04. The zero-order valence-corrected chi connectivity index (χ0v) is 18.9. The van der Waals surface area contributed by atoms with Gasteiger partial charge in [-0.2, -0.15) is 22.8 Å². The molecule has 2 aromatic heterocycles. The van der Waals surface area contributed by atoms with Gasteiger partial charge in [0.15, 0.2) is 5.65 Å². The van der Waals surface area contributed by atoms with Crippen molar-refractivity contribution in [3.05, 3.63) is 40.2 Å². The molecule has 2 fully saturated rings. The maximum Gasteiger partial charge on any atom is 0.390 e. The predicted octanol–water partition coefficient (Wildman–Crippen LogP) is 2.61. The summed E-state index contributed by atoms with van der Waals surface area (Å²) in [5.74, 6) is -0.406. The van der Waals surface area contributed by atoms with E-state index in [4.69, 9.17) is 4.98 Å². The number of carbonyl (C=O) groups excluding carboxylic acids is 3. The second-order valence-corrected chi connectivity index (χ2v) is 9.56. The molecule has 10 nitrogen and oxygen atoms in total. The van der Waals surface area contributed by atoms with Crippen molar-refractivity contribution in [1.29, 1.82) is 0 Å². The highest BCUT2D eigenvalue weighted by Crippen LogP contribution is 2.44. The summed E-state index contributed by atoms with van der Waals surface area (Å²) in [5.41, 5.74) is 1.69. The van der Waals surface area contributed by atoms with Gasteiger partial charge in [0.2, 0.25) is 0 Å². The van der Waals surface area contributed by atoms with Gasteiger partial charge in [0, 0.05) is 24.2 Å². The number of fused-ring (bicyclic) bond motifs is 1. The number of halogens is 3. The summed E-state index contributed by atoms with van der Waals surface area (Å²) in [6.07, 6.45) is 1.80. The Morgan fingerprint density at radius 3 is 2.77 bits per heavy atom. The first-order valence-electron chi connectivity index (χ1n) is 10.9. The Balaban J connectivity index is 1.38. The van der Waals surface area contributed by atoms with Crippen LogP contribution in [-0.4, -0.2) is 51.2 Å². The Kier molecular flexibility index (Phi) is 5.91. The van der Waals surface area contributed by atoms with E-state index in [9.17, 15) is 27.6 Å². The van der Waals surface area contributed by atoms with Crippen LogP contribution in [-0.2, 0) is 9.59 Å². The molecule has 0 aromatic carbocycles. The molecule has 4 heterocycles. The minimum atomic E-state index is -4.34. The zero-order valence-electron chi connectivity index (χ0n) is 18.1. The van der Waals surface area contributed by atoms with Crippen LogP contribution < -0.4 is 21.3 Å². The van der Waals surface area contributed by atoms with Crippen molar-refractivity contribution in [2.75, 3.05) is 11.9 Å². The lowest BCUT2D eigenvalue weighted by Crippen LogP contribution is -2.28. The minimum Gasteiger partial charge on any atom is -0.367 e. The molecule has 0 radical (unpaired) electrons. The van der Waals surface area contributed by atoms with Crippen LogP contribution in [0.25, 0.3) is 11.7 Å². The van der Waals surface area contributed by atoms with Gasteiger partial charge >= 0.3 is 12.2 Å². The van der Waals surface area contributed by atoms with Crippen LogP contribution in [0.5, 0.6) is 0 Å². The van der Waals surface area contributed by atoms with Crippen LogP contribution in [0.4, 0.5) is 23.8 Å². The lowest BCUT2D eigenvalue weighted by molar-refractivity contribution is -0.135. The quantitative estimate of drug-likeness (QED) is 0.335. The number of alkyl halides is 3. The molecule has 2 aliphatic heterocycles. The van der Waals surface area contributed by atoms with Crippen molar-refractivity contribution in [3.8, 4) is 0 Å². The largest absolute Gasteiger partial charge is 0.390 e. The van der Waals surface area contributed by atoms with Gasteiger partial charge in [0.05, 0.1) is 28.5 Å². The van der Waals surface area contributed by atoms with Gasteiger partial charge in [-0.1, -0.05) is 6.08 Å². The standard InChI is InChI=1S/C21H20F3N7O3S/c22-21(23,24)5-6-25-19(33)15-4-3-14(35-15)12-8-16(27-11-1-2-11)31-17(28-12)10(9-26-31)7-13-18(32)30-20(34)29-13/h4,7-9,11,14,27H,1-3,5-6H2,(H,25,33)(H2,29,30,32,34)/b13-7-. The molecule has 1 saturated carbocycles. The molecule has 0 spiro atoms. The van der Waals surface area contributed by atoms with Crippen LogP contribution in [0.3, 0.4) is 0 Å². The van der Waals surface area contributed by atoms with Gasteiger partial charge in [0.1, 0.15) is 11.5 Å². The number of nitrogens with zero attached hydrogens (tertiary/aromatic N) is 3. The number of allylic oxidation sites excluding steroid dienone is 1. The molecular formula is C21H20F3N7O3S. The number of anilines is 1. The molecule has 4 amide bonds. The molecule has 1 aliphatic carbocycles. The number of carbonyl (C=O) groups is 3. The van der Waals surface area contributed by atoms with Gasteiger partial charge in [-0.15, -0.1) is 11.8 Å². The van der Waals surface area contributed by atoms with Crippen LogP contribution >= 0.6 is 11.8 Å². The molecule has 3 aliphatic rings. The molecule has 2 aromatic rings. The molecule has 14 heteroatoms. The third-order valence-corrected chi connectivity index (χ3v) is 6.83. The Morgan fingerprint density at radius 1 is 1.29 bits per heavy atom. The van der Waals surface area contributed by atoms with Crippen LogP contribution in [0.2, 0.25) is 0 Å². The van der Waals surface area contributed by atoms with E-state index in [0.29, 0.717) is 40.1 Å². The topological polar surface area (TPSA) is 130 Å². The first-order chi connectivity index (χ1) is 16.7. The van der Waals surface area contributed by atoms with Gasteiger partial charge in [-0.3, -0.25) is 14.9 Å². The first kappa shape index (κ1) is 23.2. The highest BCUT2D eigenvalue weighted by Gasteiger charge is 2.30. The molecule has 0 bridgehead atoms. The van der Waals surface area contributed by atoms with Crippen molar-refractivity contribution in [2.24, 2.45) is 0 Å².